The van der Waals surface area contributed by atoms with Gasteiger partial charge >= 0.3 is 0 Å². The molecular formula is C37H41OP. The van der Waals surface area contributed by atoms with Crippen molar-refractivity contribution >= 4 is 24.3 Å². The highest BCUT2D eigenvalue weighted by atomic mass is 31.1. The molecule has 0 amide bonds. The first-order valence-corrected chi connectivity index (χ1v) is 16.3. The first kappa shape index (κ1) is 26.3. The minimum absolute atomic E-state index is 0.269. The highest BCUT2D eigenvalue weighted by Gasteiger charge is 2.37. The van der Waals surface area contributed by atoms with Gasteiger partial charge in [-0.2, -0.15) is 0 Å². The molecule has 1 nitrogen and oxygen atoms in total. The van der Waals surface area contributed by atoms with E-state index >= 15 is 0 Å². The molecule has 0 spiro atoms. The van der Waals surface area contributed by atoms with Crippen LogP contribution in [0.5, 0.6) is 0 Å². The summed E-state index contributed by atoms with van der Waals surface area (Å²) in [7, 11) is -0.662. The summed E-state index contributed by atoms with van der Waals surface area (Å²) in [6.45, 7) is 7.15. The summed E-state index contributed by atoms with van der Waals surface area (Å²) in [5, 5.41) is 2.87. The summed E-state index contributed by atoms with van der Waals surface area (Å²) in [6.07, 6.45) is 13.3. The second-order valence-corrected chi connectivity index (χ2v) is 14.2. The lowest BCUT2D eigenvalue weighted by Gasteiger charge is -2.38. The lowest BCUT2D eigenvalue weighted by Crippen LogP contribution is -2.34. The third-order valence-electron chi connectivity index (χ3n) is 8.95. The van der Waals surface area contributed by atoms with Crippen LogP contribution in [-0.4, -0.2) is 6.10 Å². The average molecular weight is 533 g/mol. The van der Waals surface area contributed by atoms with Crippen molar-refractivity contribution in [2.75, 3.05) is 0 Å². The molecule has 0 heterocycles. The van der Waals surface area contributed by atoms with E-state index in [9.17, 15) is 0 Å². The fourth-order valence-electron chi connectivity index (χ4n) is 6.93. The third kappa shape index (κ3) is 5.44. The van der Waals surface area contributed by atoms with E-state index in [0.717, 1.165) is 25.0 Å². The Morgan fingerprint density at radius 2 is 1.49 bits per heavy atom. The van der Waals surface area contributed by atoms with Gasteiger partial charge in [0.1, 0.15) is 11.9 Å². The van der Waals surface area contributed by atoms with Crippen LogP contribution < -0.4 is 10.6 Å². The van der Waals surface area contributed by atoms with Gasteiger partial charge in [0.2, 0.25) is 0 Å². The van der Waals surface area contributed by atoms with Gasteiger partial charge in [-0.3, -0.25) is 0 Å². The highest BCUT2D eigenvalue weighted by molar-refractivity contribution is 7.73. The molecule has 39 heavy (non-hydrogen) atoms. The molecule has 4 unspecified atom stereocenters. The Balaban J connectivity index is 1.51. The fourth-order valence-corrected chi connectivity index (χ4v) is 9.91. The number of rotatable bonds is 6. The minimum Gasteiger partial charge on any atom is -0.489 e. The zero-order valence-corrected chi connectivity index (χ0v) is 24.5. The summed E-state index contributed by atoms with van der Waals surface area (Å²) in [6, 6.07) is 31.6. The van der Waals surface area contributed by atoms with Gasteiger partial charge in [0.05, 0.1) is 0 Å². The van der Waals surface area contributed by atoms with Gasteiger partial charge in [-0.05, 0) is 79.2 Å². The maximum absolute atomic E-state index is 7.17. The van der Waals surface area contributed by atoms with Crippen LogP contribution in [-0.2, 0) is 4.74 Å². The Hall–Kier alpha value is -2.89. The van der Waals surface area contributed by atoms with Crippen molar-refractivity contribution in [3.63, 3.8) is 0 Å². The molecule has 3 aromatic carbocycles. The number of fused-ring (bicyclic) bond motifs is 1. The van der Waals surface area contributed by atoms with E-state index < -0.39 is 7.92 Å². The number of benzene rings is 3. The number of allylic oxidation sites excluding steroid dienone is 5. The molecule has 4 atom stereocenters. The van der Waals surface area contributed by atoms with Gasteiger partial charge in [0.15, 0.2) is 0 Å². The summed E-state index contributed by atoms with van der Waals surface area (Å²) in [4.78, 5) is 0. The summed E-state index contributed by atoms with van der Waals surface area (Å²) >= 11 is 0. The Morgan fingerprint density at radius 1 is 0.821 bits per heavy atom. The minimum atomic E-state index is -0.662. The summed E-state index contributed by atoms with van der Waals surface area (Å²) < 4.78 is 7.17. The number of hydrogen-bond donors (Lipinski definition) is 0. The van der Waals surface area contributed by atoms with Crippen LogP contribution in [0.1, 0.15) is 69.7 Å². The van der Waals surface area contributed by atoms with E-state index in [1.165, 1.54) is 40.2 Å². The molecular weight excluding hydrogens is 491 g/mol. The normalized spacial score (nSPS) is 24.7. The topological polar surface area (TPSA) is 9.23 Å². The van der Waals surface area contributed by atoms with E-state index in [0.29, 0.717) is 23.4 Å². The molecule has 3 aromatic rings. The van der Waals surface area contributed by atoms with Gasteiger partial charge < -0.3 is 4.74 Å². The predicted octanol–water partition coefficient (Wildman–Crippen LogP) is 9.34. The van der Waals surface area contributed by atoms with Crippen molar-refractivity contribution in [1.29, 1.82) is 0 Å². The van der Waals surface area contributed by atoms with E-state index in [2.05, 4.69) is 124 Å². The Labute approximate surface area is 236 Å². The maximum atomic E-state index is 7.17. The van der Waals surface area contributed by atoms with E-state index in [-0.39, 0.29) is 6.10 Å². The standard InChI is InChI=1S/C37H41OP/c1-26(2)31-23-22-27(3)24-35(31)38-36-25-28-14-10-11-19-32(28)37(34-21-13-12-20-33(34)36)39(29-15-6-4-7-16-29)30-17-8-5-9-18-30/h4-10,12-18,20-21,25-27,31,35,37H,11,19,22-24H2,1-3H3. The Kier molecular flexibility index (Phi) is 7.90. The monoisotopic (exact) mass is 532 g/mol. The van der Waals surface area contributed by atoms with Crippen molar-refractivity contribution in [3.05, 3.63) is 125 Å². The van der Waals surface area contributed by atoms with Gasteiger partial charge in [-0.1, -0.05) is 130 Å². The van der Waals surface area contributed by atoms with E-state index in [1.54, 1.807) is 5.57 Å². The second-order valence-electron chi connectivity index (χ2n) is 11.9. The molecule has 3 aliphatic carbocycles. The first-order chi connectivity index (χ1) is 19.1. The fraction of sp³-hybridized carbons (Fsp3) is 0.351. The van der Waals surface area contributed by atoms with Crippen LogP contribution in [0, 0.1) is 17.8 Å². The van der Waals surface area contributed by atoms with Gasteiger partial charge in [0, 0.05) is 11.2 Å². The molecule has 200 valence electrons. The molecule has 0 aromatic heterocycles. The molecule has 0 bridgehead atoms. The van der Waals surface area contributed by atoms with Crippen molar-refractivity contribution in [2.45, 2.75) is 64.6 Å². The largest absolute Gasteiger partial charge is 0.489 e. The molecule has 1 saturated carbocycles. The van der Waals surface area contributed by atoms with Crippen LogP contribution in [0.4, 0.5) is 0 Å². The van der Waals surface area contributed by atoms with Gasteiger partial charge in [-0.15, -0.1) is 0 Å². The zero-order chi connectivity index (χ0) is 26.8. The zero-order valence-electron chi connectivity index (χ0n) is 23.6. The molecule has 2 heteroatoms. The van der Waals surface area contributed by atoms with Crippen molar-refractivity contribution in [1.82, 2.24) is 0 Å². The van der Waals surface area contributed by atoms with Crippen molar-refractivity contribution in [2.24, 2.45) is 17.8 Å². The maximum Gasteiger partial charge on any atom is 0.127 e. The second kappa shape index (κ2) is 11.7. The first-order valence-electron chi connectivity index (χ1n) is 14.9. The third-order valence-corrected chi connectivity index (χ3v) is 11.8. The Morgan fingerprint density at radius 3 is 2.18 bits per heavy atom. The van der Waals surface area contributed by atoms with Crippen LogP contribution >= 0.6 is 7.92 Å². The van der Waals surface area contributed by atoms with Gasteiger partial charge in [0.25, 0.3) is 0 Å². The quantitative estimate of drug-likeness (QED) is 0.287. The lowest BCUT2D eigenvalue weighted by molar-refractivity contribution is 0.0258. The van der Waals surface area contributed by atoms with Crippen molar-refractivity contribution in [3.8, 4) is 0 Å². The molecule has 3 aliphatic rings. The number of ether oxygens (including phenoxy) is 1. The van der Waals surface area contributed by atoms with Crippen LogP contribution in [0.15, 0.2) is 114 Å². The Bertz CT molecular complexity index is 1330. The lowest BCUT2D eigenvalue weighted by atomic mass is 9.75. The van der Waals surface area contributed by atoms with Crippen molar-refractivity contribution < 1.29 is 4.74 Å². The molecule has 0 saturated heterocycles. The molecule has 1 fully saturated rings. The van der Waals surface area contributed by atoms with Crippen LogP contribution in [0.3, 0.4) is 0 Å². The molecule has 0 aliphatic heterocycles. The van der Waals surface area contributed by atoms with Crippen LogP contribution in [0.25, 0.3) is 5.76 Å². The SMILES string of the molecule is CC1CCC(C(C)C)C(OC2=CC3=C(CCC=C3)C(P(c3ccccc3)c3ccccc3)c3ccccc32)C1. The summed E-state index contributed by atoms with van der Waals surface area (Å²) in [5.41, 5.74) is 5.95. The molecule has 0 N–H and O–H groups in total. The molecule has 0 radical (unpaired) electrons. The van der Waals surface area contributed by atoms with Gasteiger partial charge in [-0.25, -0.2) is 0 Å². The molecule has 6 rings (SSSR count). The van der Waals surface area contributed by atoms with E-state index in [4.69, 9.17) is 4.74 Å². The van der Waals surface area contributed by atoms with Crippen LogP contribution in [0.2, 0.25) is 0 Å². The van der Waals surface area contributed by atoms with E-state index in [1.807, 2.05) is 0 Å². The highest BCUT2D eigenvalue weighted by Crippen LogP contribution is 2.58. The summed E-state index contributed by atoms with van der Waals surface area (Å²) in [5.74, 6) is 3.03. The number of hydrogen-bond acceptors (Lipinski definition) is 1. The predicted molar refractivity (Wildman–Crippen MR) is 168 cm³/mol. The average Bonchev–Trinajstić information content (AvgIpc) is 3.09. The smallest absolute Gasteiger partial charge is 0.127 e.